The summed E-state index contributed by atoms with van der Waals surface area (Å²) in [5, 5.41) is 38.0. The lowest BCUT2D eigenvalue weighted by atomic mass is 10.3. The van der Waals surface area contributed by atoms with E-state index in [1.54, 1.807) is 12.1 Å². The van der Waals surface area contributed by atoms with Crippen LogP contribution < -0.4 is 10.1 Å². The van der Waals surface area contributed by atoms with E-state index in [1.807, 2.05) is 6.92 Å². The average molecular weight is 313 g/mol. The first kappa shape index (κ1) is 17.6. The normalized spacial score (nSPS) is 11.5. The van der Waals surface area contributed by atoms with Crippen LogP contribution >= 0.6 is 0 Å². The molecule has 22 heavy (non-hydrogen) atoms. The molecule has 0 saturated carbocycles. The Morgan fingerprint density at radius 3 is 2.36 bits per heavy atom. The van der Waals surface area contributed by atoms with Gasteiger partial charge in [-0.25, -0.2) is 0 Å². The molecule has 0 aromatic heterocycles. The molecule has 1 atom stereocenters. The molecule has 0 aliphatic heterocycles. The van der Waals surface area contributed by atoms with Crippen LogP contribution in [-0.4, -0.2) is 52.3 Å². The summed E-state index contributed by atoms with van der Waals surface area (Å²) >= 11 is 0. The number of carbonyl (C=O) groups is 1. The number of rotatable bonds is 8. The molecular weight excluding hydrogens is 294 g/mol. The summed E-state index contributed by atoms with van der Waals surface area (Å²) in [5.41, 5.74) is 0.319. The van der Waals surface area contributed by atoms with E-state index < -0.39 is 23.7 Å². The van der Waals surface area contributed by atoms with Crippen molar-refractivity contribution in [3.63, 3.8) is 0 Å². The molecule has 0 radical (unpaired) electrons. The van der Waals surface area contributed by atoms with Crippen molar-refractivity contribution in [1.82, 2.24) is 0 Å². The standard InChI is InChI=1S/C14H19NO7/c1-2-21-7-10(16)8-22-11-5-3-9(4-6-11)15-13(18)12(17)14(19)20/h3-6,10,16-17,19-20H,2,7-8H2,1H3,(H,15,18). The van der Waals surface area contributed by atoms with Crippen molar-refractivity contribution in [1.29, 1.82) is 0 Å². The van der Waals surface area contributed by atoms with Gasteiger partial charge >= 0.3 is 5.95 Å². The second-order valence-corrected chi connectivity index (χ2v) is 4.28. The van der Waals surface area contributed by atoms with Crippen LogP contribution in [0.2, 0.25) is 0 Å². The molecule has 8 heteroatoms. The van der Waals surface area contributed by atoms with Crippen molar-refractivity contribution in [2.75, 3.05) is 25.1 Å². The lowest BCUT2D eigenvalue weighted by molar-refractivity contribution is -0.115. The SMILES string of the molecule is CCOCC(O)COc1ccc(NC(=O)C(O)=C(O)O)cc1. The van der Waals surface area contributed by atoms with Crippen LogP contribution in [0.1, 0.15) is 6.92 Å². The maximum absolute atomic E-state index is 11.3. The summed E-state index contributed by atoms with van der Waals surface area (Å²) in [4.78, 5) is 11.3. The fourth-order valence-electron chi connectivity index (χ4n) is 1.42. The van der Waals surface area contributed by atoms with E-state index in [-0.39, 0.29) is 13.2 Å². The van der Waals surface area contributed by atoms with Crippen LogP contribution in [0, 0.1) is 0 Å². The summed E-state index contributed by atoms with van der Waals surface area (Å²) in [6, 6.07) is 6.07. The average Bonchev–Trinajstić information content (AvgIpc) is 2.51. The molecule has 0 saturated heterocycles. The first-order valence-electron chi connectivity index (χ1n) is 6.55. The zero-order chi connectivity index (χ0) is 16.5. The Hall–Kier alpha value is -2.45. The number of aliphatic hydroxyl groups excluding tert-OH is 3. The maximum atomic E-state index is 11.3. The Bertz CT molecular complexity index is 508. The first-order chi connectivity index (χ1) is 10.4. The zero-order valence-electron chi connectivity index (χ0n) is 12.0. The van der Waals surface area contributed by atoms with Gasteiger partial charge in [0.25, 0.3) is 11.7 Å². The zero-order valence-corrected chi connectivity index (χ0v) is 12.0. The summed E-state index contributed by atoms with van der Waals surface area (Å²) in [5.74, 6) is -3.22. The number of amides is 1. The van der Waals surface area contributed by atoms with Gasteiger partial charge in [-0.1, -0.05) is 0 Å². The predicted octanol–water partition coefficient (Wildman–Crippen LogP) is 1.24. The van der Waals surface area contributed by atoms with Crippen LogP contribution in [-0.2, 0) is 9.53 Å². The van der Waals surface area contributed by atoms with Crippen molar-refractivity contribution in [3.05, 3.63) is 36.0 Å². The molecule has 122 valence electrons. The smallest absolute Gasteiger partial charge is 0.324 e. The lowest BCUT2D eigenvalue weighted by Crippen LogP contribution is -2.23. The Morgan fingerprint density at radius 1 is 1.18 bits per heavy atom. The molecule has 0 heterocycles. The number of ether oxygens (including phenoxy) is 2. The van der Waals surface area contributed by atoms with E-state index >= 15 is 0 Å². The number of hydrogen-bond acceptors (Lipinski definition) is 7. The summed E-state index contributed by atoms with van der Waals surface area (Å²) in [7, 11) is 0. The molecule has 0 aliphatic carbocycles. The van der Waals surface area contributed by atoms with Crippen molar-refractivity contribution >= 4 is 11.6 Å². The van der Waals surface area contributed by atoms with Gasteiger partial charge in [0, 0.05) is 12.3 Å². The van der Waals surface area contributed by atoms with Crippen LogP contribution in [0.15, 0.2) is 36.0 Å². The third-order valence-electron chi connectivity index (χ3n) is 2.50. The summed E-state index contributed by atoms with van der Waals surface area (Å²) in [6.45, 7) is 2.58. The minimum atomic E-state index is -1.46. The quantitative estimate of drug-likeness (QED) is 0.361. The van der Waals surface area contributed by atoms with Crippen molar-refractivity contribution < 1.29 is 34.7 Å². The van der Waals surface area contributed by atoms with Gasteiger partial charge in [-0.3, -0.25) is 4.79 Å². The summed E-state index contributed by atoms with van der Waals surface area (Å²) < 4.78 is 10.4. The molecule has 0 spiro atoms. The molecule has 1 unspecified atom stereocenters. The van der Waals surface area contributed by atoms with Gasteiger partial charge in [-0.05, 0) is 31.2 Å². The highest BCUT2D eigenvalue weighted by Gasteiger charge is 2.13. The Labute approximate surface area is 127 Å². The maximum Gasteiger partial charge on any atom is 0.324 e. The Balaban J connectivity index is 2.50. The molecule has 1 aromatic rings. The van der Waals surface area contributed by atoms with Crippen molar-refractivity contribution in [2.45, 2.75) is 13.0 Å². The summed E-state index contributed by atoms with van der Waals surface area (Å²) in [6.07, 6.45) is -0.742. The van der Waals surface area contributed by atoms with Gasteiger partial charge in [0.05, 0.1) is 6.61 Å². The van der Waals surface area contributed by atoms with Crippen molar-refractivity contribution in [3.8, 4) is 5.75 Å². The Morgan fingerprint density at radius 2 is 1.82 bits per heavy atom. The number of benzene rings is 1. The molecule has 1 amide bonds. The second-order valence-electron chi connectivity index (χ2n) is 4.28. The van der Waals surface area contributed by atoms with Crippen LogP contribution in [0.5, 0.6) is 5.75 Å². The van der Waals surface area contributed by atoms with E-state index in [2.05, 4.69) is 5.32 Å². The lowest BCUT2D eigenvalue weighted by Gasteiger charge is -2.12. The first-order valence-corrected chi connectivity index (χ1v) is 6.55. The molecule has 5 N–H and O–H groups in total. The minimum absolute atomic E-state index is 0.0631. The van der Waals surface area contributed by atoms with E-state index in [0.29, 0.717) is 18.0 Å². The minimum Gasteiger partial charge on any atom is -0.498 e. The molecule has 0 fully saturated rings. The number of aliphatic hydroxyl groups is 4. The van der Waals surface area contributed by atoms with Crippen molar-refractivity contribution in [2.24, 2.45) is 0 Å². The Kier molecular flexibility index (Phi) is 7.00. The number of hydrogen-bond donors (Lipinski definition) is 5. The third kappa shape index (κ3) is 5.90. The molecule has 0 bridgehead atoms. The van der Waals surface area contributed by atoms with Crippen LogP contribution in [0.4, 0.5) is 5.69 Å². The second kappa shape index (κ2) is 8.75. The number of anilines is 1. The monoisotopic (exact) mass is 313 g/mol. The topological polar surface area (TPSA) is 128 Å². The largest absolute Gasteiger partial charge is 0.498 e. The van der Waals surface area contributed by atoms with Gasteiger partial charge in [0.2, 0.25) is 0 Å². The van der Waals surface area contributed by atoms with E-state index in [1.165, 1.54) is 12.1 Å². The van der Waals surface area contributed by atoms with E-state index in [4.69, 9.17) is 24.8 Å². The highest BCUT2D eigenvalue weighted by atomic mass is 16.5. The van der Waals surface area contributed by atoms with Gasteiger partial charge in [-0.2, -0.15) is 0 Å². The molecule has 0 aliphatic rings. The third-order valence-corrected chi connectivity index (χ3v) is 2.50. The van der Waals surface area contributed by atoms with E-state index in [9.17, 15) is 9.90 Å². The van der Waals surface area contributed by atoms with E-state index in [0.717, 1.165) is 0 Å². The fourth-order valence-corrected chi connectivity index (χ4v) is 1.42. The van der Waals surface area contributed by atoms with Gasteiger partial charge in [0.15, 0.2) is 0 Å². The van der Waals surface area contributed by atoms with Gasteiger partial charge < -0.3 is 35.2 Å². The molecule has 1 rings (SSSR count). The predicted molar refractivity (Wildman–Crippen MR) is 78.0 cm³/mol. The number of nitrogens with one attached hydrogen (secondary N) is 1. The number of carbonyl (C=O) groups excluding carboxylic acids is 1. The molecular formula is C14H19NO7. The fraction of sp³-hybridized carbons (Fsp3) is 0.357. The highest BCUT2D eigenvalue weighted by Crippen LogP contribution is 2.16. The van der Waals surface area contributed by atoms with Gasteiger partial charge in [-0.15, -0.1) is 0 Å². The van der Waals surface area contributed by atoms with Crippen LogP contribution in [0.3, 0.4) is 0 Å². The highest BCUT2D eigenvalue weighted by molar-refractivity contribution is 6.01. The molecule has 8 nitrogen and oxygen atoms in total. The van der Waals surface area contributed by atoms with Crippen LogP contribution in [0.25, 0.3) is 0 Å². The molecule has 1 aromatic carbocycles. The van der Waals surface area contributed by atoms with Gasteiger partial charge in [0.1, 0.15) is 18.5 Å².